The molecule has 9 heteroatoms. The van der Waals surface area contributed by atoms with Crippen LogP contribution in [-0.4, -0.2) is 68.0 Å². The molecule has 0 bridgehead atoms. The smallest absolute Gasteiger partial charge is 0.251 e. The van der Waals surface area contributed by atoms with E-state index in [1.165, 1.54) is 10.4 Å². The van der Waals surface area contributed by atoms with Crippen molar-refractivity contribution in [2.45, 2.75) is 64.1 Å². The van der Waals surface area contributed by atoms with Gasteiger partial charge in [0.05, 0.1) is 12.1 Å². The lowest BCUT2D eigenvalue weighted by Gasteiger charge is -2.31. The van der Waals surface area contributed by atoms with Crippen molar-refractivity contribution < 1.29 is 19.0 Å². The van der Waals surface area contributed by atoms with E-state index in [4.69, 9.17) is 14.2 Å². The second-order valence-corrected chi connectivity index (χ2v) is 13.9. The molecule has 1 fully saturated rings. The number of hydrogen-bond acceptors (Lipinski definition) is 8. The van der Waals surface area contributed by atoms with Crippen LogP contribution in [0.1, 0.15) is 55.0 Å². The highest BCUT2D eigenvalue weighted by molar-refractivity contribution is 7.09. The van der Waals surface area contributed by atoms with E-state index in [1.54, 1.807) is 11.3 Å². The summed E-state index contributed by atoms with van der Waals surface area (Å²) in [4.78, 5) is 21.7. The molecule has 0 spiro atoms. The van der Waals surface area contributed by atoms with E-state index in [2.05, 4.69) is 77.0 Å². The zero-order chi connectivity index (χ0) is 33.8. The Morgan fingerprint density at radius 3 is 2.57 bits per heavy atom. The Balaban J connectivity index is 1.15. The van der Waals surface area contributed by atoms with Crippen molar-refractivity contribution in [1.29, 1.82) is 0 Å². The van der Waals surface area contributed by atoms with Gasteiger partial charge in [0.25, 0.3) is 5.91 Å². The first-order valence-corrected chi connectivity index (χ1v) is 18.4. The number of carbonyl (C=O) groups is 1. The fourth-order valence-corrected chi connectivity index (χ4v) is 7.08. The molecule has 4 aromatic rings. The van der Waals surface area contributed by atoms with Crippen LogP contribution in [0, 0.1) is 0 Å². The summed E-state index contributed by atoms with van der Waals surface area (Å²) in [5.74, 6) is 0.741. The first kappa shape index (κ1) is 34.8. The number of thiazole rings is 1. The molecule has 3 aromatic carbocycles. The lowest BCUT2D eigenvalue weighted by molar-refractivity contribution is -0.112. The highest BCUT2D eigenvalue weighted by Gasteiger charge is 2.23. The zero-order valence-electron chi connectivity index (χ0n) is 28.7. The summed E-state index contributed by atoms with van der Waals surface area (Å²) in [6.07, 6.45) is 9.68. The number of hydrogen-bond donors (Lipinski definition) is 2. The minimum absolute atomic E-state index is 0.0510. The van der Waals surface area contributed by atoms with Crippen molar-refractivity contribution in [3.63, 3.8) is 0 Å². The van der Waals surface area contributed by atoms with Crippen molar-refractivity contribution in [1.82, 2.24) is 9.88 Å². The normalized spacial score (nSPS) is 16.4. The van der Waals surface area contributed by atoms with Gasteiger partial charge in [0.1, 0.15) is 12.4 Å². The van der Waals surface area contributed by atoms with Gasteiger partial charge in [0.15, 0.2) is 0 Å². The monoisotopic (exact) mass is 680 g/mol. The van der Waals surface area contributed by atoms with Gasteiger partial charge in [0, 0.05) is 72.9 Å². The van der Waals surface area contributed by atoms with Crippen LogP contribution in [0.15, 0.2) is 84.0 Å². The van der Waals surface area contributed by atoms with Gasteiger partial charge in [-0.15, -0.1) is 11.3 Å². The molecule has 1 saturated heterocycles. The highest BCUT2D eigenvalue weighted by atomic mass is 32.1. The molecule has 3 heterocycles. The molecule has 8 nitrogen and oxygen atoms in total. The lowest BCUT2D eigenvalue weighted by atomic mass is 9.99. The molecular formula is C40H48N4O4S. The molecule has 0 aliphatic carbocycles. The van der Waals surface area contributed by atoms with Crippen LogP contribution in [0.5, 0.6) is 5.75 Å². The summed E-state index contributed by atoms with van der Waals surface area (Å²) in [6.45, 7) is 6.59. The number of anilines is 2. The number of nitrogens with zero attached hydrogens (tertiary/aromatic N) is 2. The second kappa shape index (κ2) is 17.6. The third-order valence-electron chi connectivity index (χ3n) is 9.21. The van der Waals surface area contributed by atoms with Gasteiger partial charge in [-0.1, -0.05) is 43.7 Å². The van der Waals surface area contributed by atoms with Gasteiger partial charge < -0.3 is 24.8 Å². The number of aromatic nitrogens is 1. The molecule has 6 rings (SSSR count). The number of carbonyl (C=O) groups excluding carboxylic acids is 1. The summed E-state index contributed by atoms with van der Waals surface area (Å²) < 4.78 is 17.0. The second-order valence-electron chi connectivity index (χ2n) is 12.9. The van der Waals surface area contributed by atoms with Crippen molar-refractivity contribution in [2.75, 3.05) is 50.7 Å². The largest absolute Gasteiger partial charge is 0.491 e. The average Bonchev–Trinajstić information content (AvgIpc) is 3.57. The number of nitrogens with one attached hydrogen (secondary N) is 2. The van der Waals surface area contributed by atoms with Crippen LogP contribution in [0.4, 0.5) is 11.4 Å². The van der Waals surface area contributed by atoms with Crippen LogP contribution in [0.3, 0.4) is 0 Å². The van der Waals surface area contributed by atoms with Crippen LogP contribution in [0.2, 0.25) is 0 Å². The number of rotatable bonds is 15. The average molecular weight is 681 g/mol. The van der Waals surface area contributed by atoms with E-state index in [9.17, 15) is 4.79 Å². The van der Waals surface area contributed by atoms with E-state index in [0.29, 0.717) is 25.7 Å². The van der Waals surface area contributed by atoms with Crippen LogP contribution < -0.4 is 15.4 Å². The van der Waals surface area contributed by atoms with Crippen molar-refractivity contribution >= 4 is 34.7 Å². The van der Waals surface area contributed by atoms with Crippen LogP contribution >= 0.6 is 11.3 Å². The quantitative estimate of drug-likeness (QED) is 0.123. The summed E-state index contributed by atoms with van der Waals surface area (Å²) >= 11 is 1.64. The van der Waals surface area contributed by atoms with Gasteiger partial charge >= 0.3 is 0 Å². The number of ether oxygens (including phenoxy) is 3. The SMILES string of the molecule is CCCCOCCOc1ccc(-c2ccc3c(c2)C=C(C(=O)Nc2ccc(CN(C)C4CCOCC4)cc2)CC(Cc2cncs2)N3)cc1. The van der Waals surface area contributed by atoms with E-state index in [1.807, 2.05) is 42.0 Å². The van der Waals surface area contributed by atoms with Gasteiger partial charge in [-0.2, -0.15) is 0 Å². The molecule has 1 aromatic heterocycles. The fraction of sp³-hybridized carbons (Fsp3) is 0.400. The lowest BCUT2D eigenvalue weighted by Crippen LogP contribution is -2.36. The summed E-state index contributed by atoms with van der Waals surface area (Å²) in [5, 5.41) is 6.91. The Kier molecular flexibility index (Phi) is 12.5. The van der Waals surface area contributed by atoms with E-state index < -0.39 is 0 Å². The van der Waals surface area contributed by atoms with Gasteiger partial charge in [-0.3, -0.25) is 14.7 Å². The fourth-order valence-electron chi connectivity index (χ4n) is 6.40. The number of fused-ring (bicyclic) bond motifs is 1. The minimum Gasteiger partial charge on any atom is -0.491 e. The van der Waals surface area contributed by atoms with Crippen molar-refractivity contribution in [3.05, 3.63) is 100 Å². The molecule has 1 amide bonds. The van der Waals surface area contributed by atoms with E-state index >= 15 is 0 Å². The van der Waals surface area contributed by atoms with Crippen molar-refractivity contribution in [3.8, 4) is 16.9 Å². The maximum atomic E-state index is 13.8. The molecule has 2 aliphatic rings. The van der Waals surface area contributed by atoms with Gasteiger partial charge in [0.2, 0.25) is 0 Å². The Morgan fingerprint density at radius 1 is 1.02 bits per heavy atom. The molecule has 49 heavy (non-hydrogen) atoms. The summed E-state index contributed by atoms with van der Waals surface area (Å²) in [5.41, 5.74) is 8.79. The summed E-state index contributed by atoms with van der Waals surface area (Å²) in [7, 11) is 2.18. The number of amides is 1. The molecule has 0 radical (unpaired) electrons. The predicted octanol–water partition coefficient (Wildman–Crippen LogP) is 8.07. The predicted molar refractivity (Wildman–Crippen MR) is 199 cm³/mol. The van der Waals surface area contributed by atoms with Crippen LogP contribution in [-0.2, 0) is 27.2 Å². The van der Waals surface area contributed by atoms with E-state index in [-0.39, 0.29) is 11.9 Å². The molecule has 1 unspecified atom stereocenters. The topological polar surface area (TPSA) is 85.0 Å². The molecule has 258 valence electrons. The minimum atomic E-state index is -0.0818. The molecule has 2 aliphatic heterocycles. The summed E-state index contributed by atoms with van der Waals surface area (Å²) in [6, 6.07) is 23.4. The first-order valence-electron chi connectivity index (χ1n) is 17.5. The third-order valence-corrected chi connectivity index (χ3v) is 10.0. The Labute approximate surface area is 294 Å². The molecule has 1 atom stereocenters. The van der Waals surface area contributed by atoms with Gasteiger partial charge in [-0.25, -0.2) is 0 Å². The Hall–Kier alpha value is -4.02. The highest BCUT2D eigenvalue weighted by Crippen LogP contribution is 2.33. The molecular weight excluding hydrogens is 633 g/mol. The number of benzene rings is 3. The Bertz CT molecular complexity index is 1650. The van der Waals surface area contributed by atoms with Gasteiger partial charge in [-0.05, 0) is 97.5 Å². The molecule has 0 saturated carbocycles. The number of unbranched alkanes of at least 4 members (excludes halogenated alkanes) is 1. The zero-order valence-corrected chi connectivity index (χ0v) is 29.5. The maximum absolute atomic E-state index is 13.8. The van der Waals surface area contributed by atoms with E-state index in [0.717, 1.165) is 97.9 Å². The first-order chi connectivity index (χ1) is 24.0. The standard InChI is InChI=1S/C40H48N4O4S/c1-3-4-17-46-20-21-48-37-12-7-30(8-13-37)31-9-14-39-32(22-31)23-33(24-35(42-39)25-38-26-41-28-49-38)40(45)43-34-10-5-29(6-11-34)27-44(2)36-15-18-47-19-16-36/h5-14,22-23,26,28,35-36,42H,3-4,15-21,24-25,27H2,1-2H3,(H,43,45). The third kappa shape index (κ3) is 10.0. The maximum Gasteiger partial charge on any atom is 0.251 e. The Morgan fingerprint density at radius 2 is 1.82 bits per heavy atom. The molecule has 2 N–H and O–H groups in total. The van der Waals surface area contributed by atoms with Crippen LogP contribution in [0.25, 0.3) is 17.2 Å². The van der Waals surface area contributed by atoms with Crippen molar-refractivity contribution in [2.24, 2.45) is 0 Å².